The number of rotatable bonds is 6. The number of aromatic nitrogens is 3. The number of thiophene rings is 1. The van der Waals surface area contributed by atoms with E-state index >= 15 is 0 Å². The van der Waals surface area contributed by atoms with Crippen molar-refractivity contribution in [3.63, 3.8) is 0 Å². The van der Waals surface area contributed by atoms with Gasteiger partial charge in [0, 0.05) is 59.2 Å². The summed E-state index contributed by atoms with van der Waals surface area (Å²) >= 11 is 1.92. The van der Waals surface area contributed by atoms with Crippen LogP contribution in [0.4, 0.5) is 0 Å². The van der Waals surface area contributed by atoms with Gasteiger partial charge in [-0.1, -0.05) is 110 Å². The van der Waals surface area contributed by atoms with Gasteiger partial charge in [0.15, 0.2) is 0 Å². The molecule has 4 heteroatoms. The van der Waals surface area contributed by atoms with Crippen molar-refractivity contribution < 1.29 is 0 Å². The normalized spacial score (nSPS) is 12.2. The predicted molar refractivity (Wildman–Crippen MR) is 241 cm³/mol. The third-order valence-corrected chi connectivity index (χ3v) is 13.2. The van der Waals surface area contributed by atoms with Crippen molar-refractivity contribution in [1.82, 2.24) is 13.7 Å². The number of aryl methyl sites for hydroxylation is 1. The van der Waals surface area contributed by atoms with E-state index in [0.29, 0.717) is 0 Å². The lowest BCUT2D eigenvalue weighted by Gasteiger charge is -2.12. The van der Waals surface area contributed by atoms with Crippen LogP contribution in [0.15, 0.2) is 170 Å². The summed E-state index contributed by atoms with van der Waals surface area (Å²) in [6, 6.07) is 63.2. The molecule has 0 N–H and O–H groups in total. The third kappa shape index (κ3) is 4.45. The van der Waals surface area contributed by atoms with Crippen molar-refractivity contribution in [3.8, 4) is 17.1 Å². The van der Waals surface area contributed by atoms with Crippen LogP contribution in [-0.2, 0) is 6.42 Å². The maximum Gasteiger partial charge on any atom is 0.0641 e. The Morgan fingerprint density at radius 3 is 1.89 bits per heavy atom. The Hall–Kier alpha value is -6.62. The fourth-order valence-electron chi connectivity index (χ4n) is 9.53. The summed E-state index contributed by atoms with van der Waals surface area (Å²) < 4.78 is 10.1. The Morgan fingerprint density at radius 2 is 1.09 bits per heavy atom. The standard InChI is InChI=1S/C52H37N3S/c1-2-3-14-33-25-30-49-42(31-33)39-20-13-24-48(52(39)56-49)55-45-23-12-9-19-40(45)50-47(55)29-27-38-36-17-7-11-22-44(36)54(51(38)50)35-26-28-46-41(32-35)37-18-8-10-21-43(37)53(46)34-15-5-4-6-16-34/h4-13,15-32H,2-3,14H2,1H3. The highest BCUT2D eigenvalue weighted by Gasteiger charge is 2.23. The summed E-state index contributed by atoms with van der Waals surface area (Å²) in [7, 11) is 0. The molecular weight excluding hydrogens is 699 g/mol. The Balaban J connectivity index is 1.17. The Kier molecular flexibility index (Phi) is 6.90. The number of para-hydroxylation sites is 4. The van der Waals surface area contributed by atoms with Gasteiger partial charge in [0.1, 0.15) is 0 Å². The molecule has 0 radical (unpaired) electrons. The van der Waals surface area contributed by atoms with E-state index in [4.69, 9.17) is 0 Å². The van der Waals surface area contributed by atoms with Gasteiger partial charge in [-0.25, -0.2) is 0 Å². The Labute approximate surface area is 327 Å². The molecule has 4 aromatic heterocycles. The second-order valence-electron chi connectivity index (χ2n) is 15.1. The van der Waals surface area contributed by atoms with Gasteiger partial charge in [-0.05, 0) is 91.2 Å². The largest absolute Gasteiger partial charge is 0.309 e. The molecule has 0 bridgehead atoms. The van der Waals surface area contributed by atoms with Crippen LogP contribution in [-0.4, -0.2) is 13.7 Å². The molecule has 56 heavy (non-hydrogen) atoms. The van der Waals surface area contributed by atoms with Crippen molar-refractivity contribution in [1.29, 1.82) is 0 Å². The predicted octanol–water partition coefficient (Wildman–Crippen LogP) is 14.7. The highest BCUT2D eigenvalue weighted by molar-refractivity contribution is 7.26. The molecule has 0 aliphatic rings. The minimum atomic E-state index is 1.13. The van der Waals surface area contributed by atoms with E-state index in [1.807, 2.05) is 11.3 Å². The number of benzene rings is 8. The Bertz CT molecular complexity index is 3520. The number of fused-ring (bicyclic) bond motifs is 13. The van der Waals surface area contributed by atoms with Gasteiger partial charge in [0.25, 0.3) is 0 Å². The number of nitrogens with zero attached hydrogens (tertiary/aromatic N) is 3. The van der Waals surface area contributed by atoms with Gasteiger partial charge in [-0.15, -0.1) is 11.3 Å². The van der Waals surface area contributed by atoms with Gasteiger partial charge >= 0.3 is 0 Å². The summed E-state index contributed by atoms with van der Waals surface area (Å²) in [6.07, 6.45) is 3.55. The van der Waals surface area contributed by atoms with Crippen molar-refractivity contribution in [2.45, 2.75) is 26.2 Å². The summed E-state index contributed by atoms with van der Waals surface area (Å²) in [4.78, 5) is 0. The quantitative estimate of drug-likeness (QED) is 0.162. The number of unbranched alkanes of at least 4 members (excludes halogenated alkanes) is 1. The maximum atomic E-state index is 2.53. The van der Waals surface area contributed by atoms with Crippen LogP contribution in [0.1, 0.15) is 25.3 Å². The smallest absolute Gasteiger partial charge is 0.0641 e. The molecular formula is C52H37N3S. The summed E-state index contributed by atoms with van der Waals surface area (Å²) in [5.41, 5.74) is 12.3. The molecule has 0 unspecified atom stereocenters. The highest BCUT2D eigenvalue weighted by atomic mass is 32.1. The monoisotopic (exact) mass is 735 g/mol. The van der Waals surface area contributed by atoms with Crippen molar-refractivity contribution in [2.75, 3.05) is 0 Å². The molecule has 0 aliphatic carbocycles. The minimum Gasteiger partial charge on any atom is -0.309 e. The van der Waals surface area contributed by atoms with Crippen molar-refractivity contribution in [3.05, 3.63) is 175 Å². The molecule has 0 saturated carbocycles. The first-order valence-electron chi connectivity index (χ1n) is 19.8. The molecule has 4 heterocycles. The average Bonchev–Trinajstić information content (AvgIpc) is 3.99. The molecule has 3 nitrogen and oxygen atoms in total. The van der Waals surface area contributed by atoms with E-state index in [1.165, 1.54) is 115 Å². The van der Waals surface area contributed by atoms with Crippen molar-refractivity contribution in [2.24, 2.45) is 0 Å². The van der Waals surface area contributed by atoms with Gasteiger partial charge in [0.05, 0.1) is 43.5 Å². The Morgan fingerprint density at radius 1 is 0.429 bits per heavy atom. The van der Waals surface area contributed by atoms with Gasteiger partial charge in [-0.2, -0.15) is 0 Å². The van der Waals surface area contributed by atoms with E-state index < -0.39 is 0 Å². The summed E-state index contributed by atoms with van der Waals surface area (Å²) in [5, 5.41) is 10.3. The molecule has 12 rings (SSSR count). The topological polar surface area (TPSA) is 14.8 Å². The van der Waals surface area contributed by atoms with Gasteiger partial charge < -0.3 is 13.7 Å². The zero-order valence-electron chi connectivity index (χ0n) is 31.0. The van der Waals surface area contributed by atoms with E-state index in [1.54, 1.807) is 0 Å². The van der Waals surface area contributed by atoms with Crippen LogP contribution in [0, 0.1) is 0 Å². The maximum absolute atomic E-state index is 2.53. The van der Waals surface area contributed by atoms with E-state index in [0.717, 1.165) is 12.1 Å². The lowest BCUT2D eigenvalue weighted by atomic mass is 10.0. The zero-order valence-corrected chi connectivity index (χ0v) is 31.9. The molecule has 0 atom stereocenters. The summed E-state index contributed by atoms with van der Waals surface area (Å²) in [5.74, 6) is 0. The van der Waals surface area contributed by atoms with Crippen LogP contribution >= 0.6 is 11.3 Å². The lowest BCUT2D eigenvalue weighted by Crippen LogP contribution is -1.96. The molecule has 0 aliphatic heterocycles. The molecule has 0 saturated heterocycles. The highest BCUT2D eigenvalue weighted by Crippen LogP contribution is 2.45. The first-order chi connectivity index (χ1) is 27.8. The van der Waals surface area contributed by atoms with Crippen LogP contribution in [0.25, 0.3) is 103 Å². The number of hydrogen-bond acceptors (Lipinski definition) is 1. The lowest BCUT2D eigenvalue weighted by molar-refractivity contribution is 0.796. The average molecular weight is 736 g/mol. The van der Waals surface area contributed by atoms with E-state index in [2.05, 4.69) is 190 Å². The fraction of sp³-hybridized carbons (Fsp3) is 0.0769. The van der Waals surface area contributed by atoms with E-state index in [9.17, 15) is 0 Å². The third-order valence-electron chi connectivity index (χ3n) is 12.0. The van der Waals surface area contributed by atoms with Crippen LogP contribution in [0.5, 0.6) is 0 Å². The van der Waals surface area contributed by atoms with Crippen molar-refractivity contribution >= 4 is 96.9 Å². The summed E-state index contributed by atoms with van der Waals surface area (Å²) in [6.45, 7) is 2.27. The van der Waals surface area contributed by atoms with Gasteiger partial charge in [-0.3, -0.25) is 0 Å². The fourth-order valence-corrected chi connectivity index (χ4v) is 10.7. The molecule has 0 fully saturated rings. The first-order valence-corrected chi connectivity index (χ1v) is 20.6. The van der Waals surface area contributed by atoms with Crippen LogP contribution in [0.2, 0.25) is 0 Å². The van der Waals surface area contributed by atoms with Gasteiger partial charge in [0.2, 0.25) is 0 Å². The molecule has 0 spiro atoms. The molecule has 12 aromatic rings. The minimum absolute atomic E-state index is 1.13. The second kappa shape index (κ2) is 12.2. The first kappa shape index (κ1) is 31.7. The second-order valence-corrected chi connectivity index (χ2v) is 16.2. The van der Waals surface area contributed by atoms with Crippen LogP contribution < -0.4 is 0 Å². The number of hydrogen-bond donors (Lipinski definition) is 0. The van der Waals surface area contributed by atoms with E-state index in [-0.39, 0.29) is 0 Å². The SMILES string of the molecule is CCCCc1ccc2sc3c(-n4c5ccccc5c5c4ccc4c6ccccc6n(-c6ccc7c(c6)c6ccccc6n7-c6ccccc6)c45)cccc3c2c1. The zero-order chi connectivity index (χ0) is 36.9. The molecule has 266 valence electrons. The molecule has 8 aromatic carbocycles. The molecule has 0 amide bonds. The van der Waals surface area contributed by atoms with Crippen LogP contribution in [0.3, 0.4) is 0 Å².